The van der Waals surface area contributed by atoms with Crippen LogP contribution in [-0.4, -0.2) is 4.57 Å². The number of nitriles is 2. The number of nitrogens with zero attached hydrogens (tertiary/aromatic N) is 4. The van der Waals surface area contributed by atoms with Crippen molar-refractivity contribution in [1.82, 2.24) is 4.57 Å². The van der Waals surface area contributed by atoms with Gasteiger partial charge in [0, 0.05) is 33.2 Å². The molecule has 1 heterocycles. The van der Waals surface area contributed by atoms with Crippen LogP contribution in [0.2, 0.25) is 0 Å². The van der Waals surface area contributed by atoms with Crippen LogP contribution < -0.4 is 4.90 Å². The number of para-hydroxylation sites is 3. The van der Waals surface area contributed by atoms with Gasteiger partial charge in [-0.25, -0.2) is 0 Å². The molecule has 260 valence electrons. The molecule has 1 aromatic heterocycles. The molecule has 0 unspecified atom stereocenters. The van der Waals surface area contributed by atoms with E-state index in [2.05, 4.69) is 173 Å². The first kappa shape index (κ1) is 32.7. The minimum absolute atomic E-state index is 0.601. The third-order valence-electron chi connectivity index (χ3n) is 10.8. The molecule has 4 nitrogen and oxygen atoms in total. The van der Waals surface area contributed by atoms with E-state index in [4.69, 9.17) is 0 Å². The monoisotopic (exact) mass is 712 g/mol. The highest BCUT2D eigenvalue weighted by Gasteiger charge is 2.24. The van der Waals surface area contributed by atoms with Crippen molar-refractivity contribution >= 4 is 60.4 Å². The van der Waals surface area contributed by atoms with Gasteiger partial charge in [0.2, 0.25) is 0 Å². The van der Waals surface area contributed by atoms with Gasteiger partial charge in [-0.05, 0) is 117 Å². The molecule has 0 saturated carbocycles. The van der Waals surface area contributed by atoms with Crippen LogP contribution in [0.4, 0.5) is 17.1 Å². The van der Waals surface area contributed by atoms with Gasteiger partial charge in [0.15, 0.2) is 0 Å². The molecule has 10 rings (SSSR count). The molecule has 0 amide bonds. The van der Waals surface area contributed by atoms with E-state index >= 15 is 0 Å². The van der Waals surface area contributed by atoms with Gasteiger partial charge in [0.25, 0.3) is 0 Å². The van der Waals surface area contributed by atoms with Crippen LogP contribution in [0.25, 0.3) is 71.3 Å². The fourth-order valence-corrected chi connectivity index (χ4v) is 8.45. The molecule has 56 heavy (non-hydrogen) atoms. The molecule has 4 heteroatoms. The molecule has 0 aliphatic carbocycles. The van der Waals surface area contributed by atoms with Gasteiger partial charge in [-0.1, -0.05) is 115 Å². The molecule has 0 spiro atoms. The van der Waals surface area contributed by atoms with Crippen LogP contribution in [0.3, 0.4) is 0 Å². The lowest BCUT2D eigenvalue weighted by molar-refractivity contribution is 1.17. The molecule has 0 bridgehead atoms. The highest BCUT2D eigenvalue weighted by Crippen LogP contribution is 2.49. The minimum Gasteiger partial charge on any atom is -0.310 e. The molecular weight excluding hydrogens is 681 g/mol. The molecule has 9 aromatic carbocycles. The standard InChI is InChI=1S/C52H32N4/c53-33-35-13-10-15-37(31-35)50-44-21-4-5-22-45(44)51(38-16-11-14-36(32-38)34-54)52-46(50)23-12-26-49(52)55(39-17-2-1-3-18-39)40-27-29-41(30-28-40)56-47-24-8-6-19-42(47)43-20-7-9-25-48(43)56/h1-32H. The van der Waals surface area contributed by atoms with E-state index in [9.17, 15) is 10.5 Å². The zero-order chi connectivity index (χ0) is 37.6. The van der Waals surface area contributed by atoms with Crippen molar-refractivity contribution in [2.45, 2.75) is 0 Å². The zero-order valence-corrected chi connectivity index (χ0v) is 30.3. The van der Waals surface area contributed by atoms with Gasteiger partial charge in [-0.15, -0.1) is 0 Å². The van der Waals surface area contributed by atoms with Crippen LogP contribution in [0.15, 0.2) is 194 Å². The Bertz CT molecular complexity index is 3160. The van der Waals surface area contributed by atoms with Crippen LogP contribution in [0.1, 0.15) is 11.1 Å². The minimum atomic E-state index is 0.601. The van der Waals surface area contributed by atoms with Crippen molar-refractivity contribution in [2.75, 3.05) is 4.90 Å². The molecule has 0 N–H and O–H groups in total. The highest BCUT2D eigenvalue weighted by molar-refractivity contribution is 6.25. The van der Waals surface area contributed by atoms with Gasteiger partial charge in [0.1, 0.15) is 0 Å². The molecule has 0 saturated heterocycles. The summed E-state index contributed by atoms with van der Waals surface area (Å²) in [7, 11) is 0. The second-order valence-electron chi connectivity index (χ2n) is 13.9. The topological polar surface area (TPSA) is 55.8 Å². The Hall–Kier alpha value is -7.92. The third-order valence-corrected chi connectivity index (χ3v) is 10.8. The lowest BCUT2D eigenvalue weighted by Gasteiger charge is -2.29. The van der Waals surface area contributed by atoms with Crippen LogP contribution in [0.5, 0.6) is 0 Å². The average Bonchev–Trinajstić information content (AvgIpc) is 3.61. The first-order chi connectivity index (χ1) is 27.7. The van der Waals surface area contributed by atoms with Gasteiger partial charge >= 0.3 is 0 Å². The number of hydrogen-bond acceptors (Lipinski definition) is 3. The SMILES string of the molecule is N#Cc1cccc(-c2c3ccccc3c(-c3cccc(C#N)c3)c3c(N(c4ccccc4)c4ccc(-n5c6ccccc6c6ccccc65)cc4)cccc23)c1. The predicted octanol–water partition coefficient (Wildman–Crippen LogP) is 13.6. The maximum Gasteiger partial charge on any atom is 0.0991 e. The molecule has 0 aliphatic heterocycles. The van der Waals surface area contributed by atoms with Crippen molar-refractivity contribution in [3.8, 4) is 40.1 Å². The third kappa shape index (κ3) is 5.29. The summed E-state index contributed by atoms with van der Waals surface area (Å²) in [5, 5.41) is 26.7. The van der Waals surface area contributed by atoms with Crippen molar-refractivity contribution in [3.05, 3.63) is 205 Å². The van der Waals surface area contributed by atoms with E-state index in [0.29, 0.717) is 11.1 Å². The first-order valence-electron chi connectivity index (χ1n) is 18.6. The number of anilines is 3. The van der Waals surface area contributed by atoms with E-state index in [0.717, 1.165) is 66.5 Å². The van der Waals surface area contributed by atoms with Crippen molar-refractivity contribution in [2.24, 2.45) is 0 Å². The number of hydrogen-bond donors (Lipinski definition) is 0. The summed E-state index contributed by atoms with van der Waals surface area (Å²) < 4.78 is 2.34. The largest absolute Gasteiger partial charge is 0.310 e. The maximum atomic E-state index is 10.0. The van der Waals surface area contributed by atoms with Crippen molar-refractivity contribution in [1.29, 1.82) is 10.5 Å². The predicted molar refractivity (Wildman–Crippen MR) is 231 cm³/mol. The van der Waals surface area contributed by atoms with Gasteiger partial charge in [-0.3, -0.25) is 0 Å². The molecule has 0 aliphatic rings. The maximum absolute atomic E-state index is 10.0. The Labute approximate surface area is 324 Å². The van der Waals surface area contributed by atoms with Crippen molar-refractivity contribution in [3.63, 3.8) is 0 Å². The zero-order valence-electron chi connectivity index (χ0n) is 30.3. The number of fused-ring (bicyclic) bond motifs is 5. The summed E-state index contributed by atoms with van der Waals surface area (Å²) in [6.07, 6.45) is 0. The van der Waals surface area contributed by atoms with E-state index in [1.807, 2.05) is 42.5 Å². The highest BCUT2D eigenvalue weighted by atomic mass is 15.1. The Kier molecular flexibility index (Phi) is 7.88. The van der Waals surface area contributed by atoms with Crippen molar-refractivity contribution < 1.29 is 0 Å². The van der Waals surface area contributed by atoms with Crippen LogP contribution in [-0.2, 0) is 0 Å². The summed E-state index contributed by atoms with van der Waals surface area (Å²) in [6.45, 7) is 0. The molecule has 0 fully saturated rings. The molecule has 10 aromatic rings. The smallest absolute Gasteiger partial charge is 0.0991 e. The van der Waals surface area contributed by atoms with Crippen LogP contribution >= 0.6 is 0 Å². The molecule has 0 atom stereocenters. The summed E-state index contributed by atoms with van der Waals surface area (Å²) in [6, 6.07) is 72.0. The summed E-state index contributed by atoms with van der Waals surface area (Å²) in [5.41, 5.74) is 11.7. The number of rotatable bonds is 6. The van der Waals surface area contributed by atoms with E-state index in [1.54, 1.807) is 0 Å². The Balaban J connectivity index is 1.28. The quantitative estimate of drug-likeness (QED) is 0.161. The lowest BCUT2D eigenvalue weighted by Crippen LogP contribution is -2.11. The normalized spacial score (nSPS) is 11.2. The van der Waals surface area contributed by atoms with Crippen LogP contribution in [0, 0.1) is 22.7 Å². The summed E-state index contributed by atoms with van der Waals surface area (Å²) >= 11 is 0. The second-order valence-corrected chi connectivity index (χ2v) is 13.9. The van der Waals surface area contributed by atoms with Gasteiger partial charge in [0.05, 0.1) is 40.0 Å². The van der Waals surface area contributed by atoms with E-state index < -0.39 is 0 Å². The summed E-state index contributed by atoms with van der Waals surface area (Å²) in [4.78, 5) is 2.33. The second kappa shape index (κ2) is 13.5. The summed E-state index contributed by atoms with van der Waals surface area (Å²) in [5.74, 6) is 0. The van der Waals surface area contributed by atoms with E-state index in [-0.39, 0.29) is 0 Å². The number of aromatic nitrogens is 1. The fourth-order valence-electron chi connectivity index (χ4n) is 8.45. The molecule has 0 radical (unpaired) electrons. The van der Waals surface area contributed by atoms with E-state index in [1.165, 1.54) is 21.8 Å². The van der Waals surface area contributed by atoms with Gasteiger partial charge in [-0.2, -0.15) is 10.5 Å². The Morgan fingerprint density at radius 2 is 0.875 bits per heavy atom. The number of benzene rings is 9. The average molecular weight is 713 g/mol. The lowest BCUT2D eigenvalue weighted by atomic mass is 9.84. The fraction of sp³-hybridized carbons (Fsp3) is 0. The Morgan fingerprint density at radius 1 is 0.393 bits per heavy atom. The molecular formula is C52H32N4. The first-order valence-corrected chi connectivity index (χ1v) is 18.6. The Morgan fingerprint density at radius 3 is 1.48 bits per heavy atom. The van der Waals surface area contributed by atoms with Gasteiger partial charge < -0.3 is 9.47 Å².